The van der Waals surface area contributed by atoms with Gasteiger partial charge in [-0.25, -0.2) is 13.5 Å². The Bertz CT molecular complexity index is 895. The number of halogens is 3. The van der Waals surface area contributed by atoms with Crippen molar-refractivity contribution in [1.82, 2.24) is 9.78 Å². The van der Waals surface area contributed by atoms with Crippen molar-refractivity contribution in [3.8, 4) is 0 Å². The third kappa shape index (κ3) is 3.60. The van der Waals surface area contributed by atoms with E-state index in [1.54, 1.807) is 22.9 Å². The molecule has 0 aliphatic carbocycles. The van der Waals surface area contributed by atoms with Gasteiger partial charge in [0.1, 0.15) is 5.82 Å². The maximum atomic E-state index is 13.2. The molecule has 122 valence electrons. The average Bonchev–Trinajstić information content (AvgIpc) is 2.97. The lowest BCUT2D eigenvalue weighted by molar-refractivity contribution is 0.102. The third-order valence-electron chi connectivity index (χ3n) is 3.36. The summed E-state index contributed by atoms with van der Waals surface area (Å²) in [5.74, 6) is -2.20. The molecule has 0 saturated heterocycles. The molecule has 0 aliphatic heterocycles. The number of hydrogen-bond acceptors (Lipinski definition) is 2. The first-order valence-corrected chi connectivity index (χ1v) is 7.43. The van der Waals surface area contributed by atoms with Crippen LogP contribution < -0.4 is 5.32 Å². The van der Waals surface area contributed by atoms with Crippen LogP contribution in [0.1, 0.15) is 15.9 Å². The molecule has 4 nitrogen and oxygen atoms in total. The van der Waals surface area contributed by atoms with Gasteiger partial charge in [-0.2, -0.15) is 5.10 Å². The van der Waals surface area contributed by atoms with E-state index in [-0.39, 0.29) is 5.56 Å². The van der Waals surface area contributed by atoms with Gasteiger partial charge in [-0.05, 0) is 35.9 Å². The summed E-state index contributed by atoms with van der Waals surface area (Å²) in [6, 6.07) is 11.9. The monoisotopic (exact) mass is 347 g/mol. The summed E-state index contributed by atoms with van der Waals surface area (Å²) in [6.07, 6.45) is 1.53. The molecule has 0 unspecified atom stereocenters. The lowest BCUT2D eigenvalue weighted by atomic mass is 10.2. The molecule has 0 saturated carbocycles. The second-order valence-corrected chi connectivity index (χ2v) is 5.52. The number of hydrogen-bond donors (Lipinski definition) is 1. The Labute approximate surface area is 141 Å². The van der Waals surface area contributed by atoms with E-state index in [9.17, 15) is 13.6 Å². The topological polar surface area (TPSA) is 46.9 Å². The van der Waals surface area contributed by atoms with E-state index in [0.717, 1.165) is 17.7 Å². The molecule has 24 heavy (non-hydrogen) atoms. The summed E-state index contributed by atoms with van der Waals surface area (Å²) in [6.45, 7) is 0.404. The molecular formula is C17H12ClF2N3O. The number of nitrogens with one attached hydrogen (secondary N) is 1. The Balaban J connectivity index is 1.77. The van der Waals surface area contributed by atoms with Gasteiger partial charge in [-0.1, -0.05) is 23.7 Å². The minimum Gasteiger partial charge on any atom is -0.307 e. The first kappa shape index (κ1) is 16.1. The molecule has 0 fully saturated rings. The Morgan fingerprint density at radius 3 is 2.71 bits per heavy atom. The molecule has 1 aromatic heterocycles. The normalized spacial score (nSPS) is 10.6. The lowest BCUT2D eigenvalue weighted by Gasteiger charge is -2.09. The highest BCUT2D eigenvalue weighted by molar-refractivity contribution is 6.30. The van der Waals surface area contributed by atoms with Crippen molar-refractivity contribution in [2.24, 2.45) is 0 Å². The highest BCUT2D eigenvalue weighted by Crippen LogP contribution is 2.16. The van der Waals surface area contributed by atoms with E-state index in [4.69, 9.17) is 11.6 Å². The average molecular weight is 348 g/mol. The van der Waals surface area contributed by atoms with E-state index >= 15 is 0 Å². The zero-order chi connectivity index (χ0) is 17.1. The van der Waals surface area contributed by atoms with E-state index in [1.807, 2.05) is 12.1 Å². The number of nitrogens with zero attached hydrogens (tertiary/aromatic N) is 2. The maximum Gasteiger partial charge on any atom is 0.256 e. The Kier molecular flexibility index (Phi) is 4.57. The van der Waals surface area contributed by atoms with Crippen molar-refractivity contribution in [2.75, 3.05) is 5.32 Å². The van der Waals surface area contributed by atoms with Crippen LogP contribution in [0.5, 0.6) is 0 Å². The number of amides is 1. The third-order valence-corrected chi connectivity index (χ3v) is 3.60. The molecule has 3 rings (SSSR count). The van der Waals surface area contributed by atoms with Gasteiger partial charge in [-0.15, -0.1) is 0 Å². The lowest BCUT2D eigenvalue weighted by Crippen LogP contribution is -2.16. The quantitative estimate of drug-likeness (QED) is 0.772. The second kappa shape index (κ2) is 6.80. The maximum absolute atomic E-state index is 13.2. The number of carbonyl (C=O) groups is 1. The fourth-order valence-electron chi connectivity index (χ4n) is 2.20. The standard InChI is InChI=1S/C17H12ClF2N3O/c18-13-3-1-2-11(8-13)10-23-16(6-7-21-23)22-17(24)12-4-5-14(19)15(20)9-12/h1-9H,10H2,(H,22,24). The largest absolute Gasteiger partial charge is 0.307 e. The van der Waals surface area contributed by atoms with Crippen molar-refractivity contribution in [2.45, 2.75) is 6.54 Å². The van der Waals surface area contributed by atoms with Crippen molar-refractivity contribution in [3.63, 3.8) is 0 Å². The number of benzene rings is 2. The fourth-order valence-corrected chi connectivity index (χ4v) is 2.41. The van der Waals surface area contributed by atoms with Gasteiger partial charge in [0.15, 0.2) is 11.6 Å². The molecule has 1 N–H and O–H groups in total. The van der Waals surface area contributed by atoms with Crippen molar-refractivity contribution in [1.29, 1.82) is 0 Å². The minimum atomic E-state index is -1.07. The van der Waals surface area contributed by atoms with Crippen LogP contribution in [-0.4, -0.2) is 15.7 Å². The van der Waals surface area contributed by atoms with Gasteiger partial charge in [0.05, 0.1) is 12.7 Å². The molecule has 0 spiro atoms. The Hall–Kier alpha value is -2.73. The predicted molar refractivity (Wildman–Crippen MR) is 87.1 cm³/mol. The van der Waals surface area contributed by atoms with Crippen molar-refractivity contribution >= 4 is 23.3 Å². The molecule has 1 amide bonds. The Morgan fingerprint density at radius 2 is 1.96 bits per heavy atom. The summed E-state index contributed by atoms with van der Waals surface area (Å²) >= 11 is 5.95. The van der Waals surface area contributed by atoms with Gasteiger partial charge >= 0.3 is 0 Å². The molecule has 0 atom stereocenters. The fraction of sp³-hybridized carbons (Fsp3) is 0.0588. The zero-order valence-corrected chi connectivity index (χ0v) is 13.1. The SMILES string of the molecule is O=C(Nc1ccnn1Cc1cccc(Cl)c1)c1ccc(F)c(F)c1. The summed E-state index contributed by atoms with van der Waals surface area (Å²) in [5.41, 5.74) is 0.930. The molecule has 2 aromatic carbocycles. The summed E-state index contributed by atoms with van der Waals surface area (Å²) in [4.78, 5) is 12.2. The van der Waals surface area contributed by atoms with Crippen molar-refractivity contribution < 1.29 is 13.6 Å². The number of rotatable bonds is 4. The smallest absolute Gasteiger partial charge is 0.256 e. The van der Waals surface area contributed by atoms with Crippen LogP contribution >= 0.6 is 11.6 Å². The highest BCUT2D eigenvalue weighted by Gasteiger charge is 2.12. The first-order chi connectivity index (χ1) is 11.5. The first-order valence-electron chi connectivity index (χ1n) is 7.05. The molecule has 0 aliphatic rings. The van der Waals surface area contributed by atoms with Crippen LogP contribution in [0.15, 0.2) is 54.7 Å². The van der Waals surface area contributed by atoms with Crippen LogP contribution in [-0.2, 0) is 6.54 Å². The van der Waals surface area contributed by atoms with Crippen LogP contribution in [0.3, 0.4) is 0 Å². The minimum absolute atomic E-state index is 0.0180. The van der Waals surface area contributed by atoms with Gasteiger partial charge in [0, 0.05) is 16.7 Å². The molecular weight excluding hydrogens is 336 g/mol. The van der Waals surface area contributed by atoms with E-state index in [2.05, 4.69) is 10.4 Å². The number of carbonyl (C=O) groups excluding carboxylic acids is 1. The molecule has 0 bridgehead atoms. The predicted octanol–water partition coefficient (Wildman–Crippen LogP) is 4.12. The van der Waals surface area contributed by atoms with Gasteiger partial charge in [0.25, 0.3) is 5.91 Å². The molecule has 1 heterocycles. The van der Waals surface area contributed by atoms with Gasteiger partial charge in [0.2, 0.25) is 0 Å². The molecule has 3 aromatic rings. The number of aromatic nitrogens is 2. The van der Waals surface area contributed by atoms with E-state index in [0.29, 0.717) is 17.4 Å². The highest BCUT2D eigenvalue weighted by atomic mass is 35.5. The van der Waals surface area contributed by atoms with Crippen molar-refractivity contribution in [3.05, 3.63) is 82.5 Å². The Morgan fingerprint density at radius 1 is 1.12 bits per heavy atom. The van der Waals surface area contributed by atoms with Crippen LogP contribution in [0.4, 0.5) is 14.6 Å². The summed E-state index contributed by atoms with van der Waals surface area (Å²) < 4.78 is 27.8. The van der Waals surface area contributed by atoms with Crippen LogP contribution in [0.25, 0.3) is 0 Å². The van der Waals surface area contributed by atoms with Crippen LogP contribution in [0, 0.1) is 11.6 Å². The summed E-state index contributed by atoms with van der Waals surface area (Å²) in [5, 5.41) is 7.38. The van der Waals surface area contributed by atoms with Gasteiger partial charge < -0.3 is 5.32 Å². The second-order valence-electron chi connectivity index (χ2n) is 5.09. The molecule has 0 radical (unpaired) electrons. The zero-order valence-electron chi connectivity index (χ0n) is 12.3. The number of anilines is 1. The summed E-state index contributed by atoms with van der Waals surface area (Å²) in [7, 11) is 0. The van der Waals surface area contributed by atoms with E-state index < -0.39 is 17.5 Å². The molecule has 7 heteroatoms. The van der Waals surface area contributed by atoms with Crippen LogP contribution in [0.2, 0.25) is 5.02 Å². The van der Waals surface area contributed by atoms with Gasteiger partial charge in [-0.3, -0.25) is 4.79 Å². The van der Waals surface area contributed by atoms with E-state index in [1.165, 1.54) is 12.3 Å².